The van der Waals surface area contributed by atoms with Gasteiger partial charge in [0, 0.05) is 29.1 Å². The highest BCUT2D eigenvalue weighted by molar-refractivity contribution is 5.95. The molecule has 0 fully saturated rings. The summed E-state index contributed by atoms with van der Waals surface area (Å²) < 4.78 is 19.8. The summed E-state index contributed by atoms with van der Waals surface area (Å²) in [5.41, 5.74) is 2.27. The lowest BCUT2D eigenvalue weighted by atomic mass is 10.0. The molecule has 1 atom stereocenters. The Bertz CT molecular complexity index is 913. The quantitative estimate of drug-likeness (QED) is 0.743. The number of nitrogens with zero attached hydrogens (tertiary/aromatic N) is 1. The molecule has 4 nitrogen and oxygen atoms in total. The number of carbonyl (C=O) groups is 1. The lowest BCUT2D eigenvalue weighted by Crippen LogP contribution is -2.27. The number of methoxy groups -OCH3 is 1. The maximum atomic E-state index is 14.5. The fourth-order valence-electron chi connectivity index (χ4n) is 2.80. The molecule has 26 heavy (non-hydrogen) atoms. The van der Waals surface area contributed by atoms with E-state index in [1.165, 1.54) is 6.07 Å². The Balaban J connectivity index is 1.79. The zero-order valence-corrected chi connectivity index (χ0v) is 14.6. The van der Waals surface area contributed by atoms with Crippen LogP contribution in [-0.2, 0) is 0 Å². The molecule has 0 saturated heterocycles. The second-order valence-corrected chi connectivity index (χ2v) is 5.87. The van der Waals surface area contributed by atoms with Crippen LogP contribution in [0.3, 0.4) is 0 Å². The first-order valence-electron chi connectivity index (χ1n) is 8.24. The summed E-state index contributed by atoms with van der Waals surface area (Å²) in [6.07, 6.45) is 3.20. The first-order valence-corrected chi connectivity index (χ1v) is 8.24. The number of carbonyl (C=O) groups excluding carboxylic acids is 1. The smallest absolute Gasteiger partial charge is 0.251 e. The highest BCUT2D eigenvalue weighted by Crippen LogP contribution is 2.26. The third-order valence-electron chi connectivity index (χ3n) is 4.18. The van der Waals surface area contributed by atoms with Crippen LogP contribution >= 0.6 is 0 Å². The third-order valence-corrected chi connectivity index (χ3v) is 4.18. The monoisotopic (exact) mass is 350 g/mol. The zero-order valence-electron chi connectivity index (χ0n) is 14.6. The van der Waals surface area contributed by atoms with Crippen molar-refractivity contribution in [3.8, 4) is 16.9 Å². The summed E-state index contributed by atoms with van der Waals surface area (Å²) >= 11 is 0. The van der Waals surface area contributed by atoms with Crippen LogP contribution in [0.4, 0.5) is 4.39 Å². The molecule has 1 aromatic heterocycles. The van der Waals surface area contributed by atoms with Crippen molar-refractivity contribution in [2.75, 3.05) is 7.11 Å². The van der Waals surface area contributed by atoms with Crippen LogP contribution in [0, 0.1) is 5.82 Å². The molecule has 2 aromatic carbocycles. The van der Waals surface area contributed by atoms with Crippen LogP contribution in [0.5, 0.6) is 5.75 Å². The highest BCUT2D eigenvalue weighted by atomic mass is 19.1. The Hall–Kier alpha value is -3.21. The van der Waals surface area contributed by atoms with E-state index in [4.69, 9.17) is 4.74 Å². The Labute approximate surface area is 151 Å². The minimum atomic E-state index is -0.450. The van der Waals surface area contributed by atoms with Crippen molar-refractivity contribution < 1.29 is 13.9 Å². The second kappa shape index (κ2) is 7.78. The van der Waals surface area contributed by atoms with Gasteiger partial charge in [-0.3, -0.25) is 9.78 Å². The molecule has 3 aromatic rings. The predicted octanol–water partition coefficient (Wildman–Crippen LogP) is 4.39. The summed E-state index contributed by atoms with van der Waals surface area (Å²) in [5.74, 6) is -0.100. The molecular weight excluding hydrogens is 331 g/mol. The first kappa shape index (κ1) is 17.6. The van der Waals surface area contributed by atoms with E-state index in [0.717, 1.165) is 5.56 Å². The van der Waals surface area contributed by atoms with Crippen molar-refractivity contribution in [3.05, 3.63) is 83.9 Å². The minimum absolute atomic E-state index is 0.266. The number of hydrogen-bond acceptors (Lipinski definition) is 3. The van der Waals surface area contributed by atoms with E-state index in [9.17, 15) is 9.18 Å². The van der Waals surface area contributed by atoms with Crippen LogP contribution < -0.4 is 10.1 Å². The van der Waals surface area contributed by atoms with E-state index in [2.05, 4.69) is 10.3 Å². The van der Waals surface area contributed by atoms with Crippen molar-refractivity contribution in [1.29, 1.82) is 0 Å². The van der Waals surface area contributed by atoms with Crippen LogP contribution in [-0.4, -0.2) is 18.0 Å². The zero-order chi connectivity index (χ0) is 18.5. The van der Waals surface area contributed by atoms with Gasteiger partial charge >= 0.3 is 0 Å². The molecule has 0 radical (unpaired) electrons. The van der Waals surface area contributed by atoms with Crippen molar-refractivity contribution in [3.63, 3.8) is 0 Å². The van der Waals surface area contributed by atoms with E-state index in [0.29, 0.717) is 16.9 Å². The Morgan fingerprint density at radius 2 is 1.85 bits per heavy atom. The summed E-state index contributed by atoms with van der Waals surface area (Å²) in [6.45, 7) is 1.86. The number of benzene rings is 2. The number of hydrogen-bond donors (Lipinski definition) is 1. The molecule has 0 bridgehead atoms. The number of para-hydroxylation sites is 1. The Morgan fingerprint density at radius 3 is 2.54 bits per heavy atom. The fraction of sp³-hybridized carbons (Fsp3) is 0.143. The van der Waals surface area contributed by atoms with Gasteiger partial charge in [-0.25, -0.2) is 4.39 Å². The summed E-state index contributed by atoms with van der Waals surface area (Å²) in [4.78, 5) is 16.4. The van der Waals surface area contributed by atoms with Gasteiger partial charge in [-0.2, -0.15) is 0 Å². The van der Waals surface area contributed by atoms with Gasteiger partial charge in [0.25, 0.3) is 5.91 Å². The van der Waals surface area contributed by atoms with Gasteiger partial charge in [-0.1, -0.05) is 24.3 Å². The fourth-order valence-corrected chi connectivity index (χ4v) is 2.80. The van der Waals surface area contributed by atoms with Crippen LogP contribution in [0.15, 0.2) is 67.0 Å². The van der Waals surface area contributed by atoms with E-state index < -0.39 is 5.82 Å². The number of rotatable bonds is 5. The van der Waals surface area contributed by atoms with E-state index in [1.807, 2.05) is 31.2 Å². The molecule has 1 heterocycles. The maximum absolute atomic E-state index is 14.5. The lowest BCUT2D eigenvalue weighted by Gasteiger charge is -2.17. The van der Waals surface area contributed by atoms with Gasteiger partial charge in [0.05, 0.1) is 13.2 Å². The second-order valence-electron chi connectivity index (χ2n) is 5.87. The van der Waals surface area contributed by atoms with E-state index >= 15 is 0 Å². The average Bonchev–Trinajstić information content (AvgIpc) is 2.68. The Morgan fingerprint density at radius 1 is 1.12 bits per heavy atom. The molecular formula is C21H19FN2O2. The summed E-state index contributed by atoms with van der Waals surface area (Å²) in [5, 5.41) is 2.88. The number of ether oxygens (including phenoxy) is 1. The number of nitrogens with one attached hydrogen (secondary N) is 1. The normalized spacial score (nSPS) is 11.7. The largest absolute Gasteiger partial charge is 0.496 e. The van der Waals surface area contributed by atoms with E-state index in [1.54, 1.807) is 43.8 Å². The van der Waals surface area contributed by atoms with E-state index in [-0.39, 0.29) is 17.5 Å². The van der Waals surface area contributed by atoms with Crippen molar-refractivity contribution in [2.24, 2.45) is 0 Å². The molecule has 1 N–H and O–H groups in total. The molecule has 0 aliphatic carbocycles. The van der Waals surface area contributed by atoms with Gasteiger partial charge in [0.15, 0.2) is 0 Å². The maximum Gasteiger partial charge on any atom is 0.251 e. The van der Waals surface area contributed by atoms with Crippen LogP contribution in [0.25, 0.3) is 11.1 Å². The van der Waals surface area contributed by atoms with Crippen molar-refractivity contribution >= 4 is 5.91 Å². The highest BCUT2D eigenvalue weighted by Gasteiger charge is 2.16. The average molecular weight is 350 g/mol. The number of amides is 1. The Kier molecular flexibility index (Phi) is 5.27. The van der Waals surface area contributed by atoms with Gasteiger partial charge in [-0.05, 0) is 42.8 Å². The third kappa shape index (κ3) is 3.72. The van der Waals surface area contributed by atoms with Crippen LogP contribution in [0.2, 0.25) is 0 Å². The van der Waals surface area contributed by atoms with Crippen molar-refractivity contribution in [1.82, 2.24) is 10.3 Å². The SMILES string of the molecule is COc1ccccc1C(C)NC(=O)c1ccc(-c2ccncc2)c(F)c1. The number of halogens is 1. The van der Waals surface area contributed by atoms with Gasteiger partial charge < -0.3 is 10.1 Å². The summed E-state index contributed by atoms with van der Waals surface area (Å²) in [6, 6.07) is 15.1. The lowest BCUT2D eigenvalue weighted by molar-refractivity contribution is 0.0939. The van der Waals surface area contributed by atoms with Crippen LogP contribution in [0.1, 0.15) is 28.9 Å². The number of aromatic nitrogens is 1. The predicted molar refractivity (Wildman–Crippen MR) is 98.5 cm³/mol. The molecule has 0 saturated carbocycles. The standard InChI is InChI=1S/C21H19FN2O2/c1-14(17-5-3-4-6-20(17)26-2)24-21(25)16-7-8-18(19(22)13-16)15-9-11-23-12-10-15/h3-14H,1-2H3,(H,24,25). The van der Waals surface area contributed by atoms with Gasteiger partial charge in [0.2, 0.25) is 0 Å². The number of pyridine rings is 1. The topological polar surface area (TPSA) is 51.2 Å². The molecule has 1 unspecified atom stereocenters. The molecule has 3 rings (SSSR count). The molecule has 0 aliphatic rings. The minimum Gasteiger partial charge on any atom is -0.496 e. The van der Waals surface area contributed by atoms with Gasteiger partial charge in [0.1, 0.15) is 11.6 Å². The molecule has 0 spiro atoms. The van der Waals surface area contributed by atoms with Gasteiger partial charge in [-0.15, -0.1) is 0 Å². The first-order chi connectivity index (χ1) is 12.6. The molecule has 1 amide bonds. The van der Waals surface area contributed by atoms with Crippen molar-refractivity contribution in [2.45, 2.75) is 13.0 Å². The molecule has 132 valence electrons. The molecule has 0 aliphatic heterocycles. The summed E-state index contributed by atoms with van der Waals surface area (Å²) in [7, 11) is 1.58. The molecule has 5 heteroatoms.